The topological polar surface area (TPSA) is 0 Å². The molecule has 0 aromatic heterocycles. The van der Waals surface area contributed by atoms with Gasteiger partial charge in [-0.25, -0.2) is 0 Å². The van der Waals surface area contributed by atoms with Crippen LogP contribution in [0.15, 0.2) is 146 Å². The number of aryl methyl sites for hydroxylation is 2. The average molecular weight is 415 g/mol. The van der Waals surface area contributed by atoms with Gasteiger partial charge in [0.25, 0.3) is 0 Å². The van der Waals surface area contributed by atoms with Gasteiger partial charge in [0.05, 0.1) is 0 Å². The molecule has 0 aliphatic heterocycles. The molecule has 0 nitrogen and oxygen atoms in total. The SMILES string of the molecule is Cc1cccc(-c2ccccc2)c1.Cc1ccccc1-c1ccccc1.c1ccccc1. The van der Waals surface area contributed by atoms with Crippen LogP contribution in [0.5, 0.6) is 0 Å². The maximum Gasteiger partial charge on any atom is -0.0155 e. The highest BCUT2D eigenvalue weighted by Crippen LogP contribution is 2.22. The van der Waals surface area contributed by atoms with Gasteiger partial charge in [-0.2, -0.15) is 0 Å². The van der Waals surface area contributed by atoms with Crippen molar-refractivity contribution in [2.24, 2.45) is 0 Å². The van der Waals surface area contributed by atoms with Crippen LogP contribution in [-0.2, 0) is 0 Å². The van der Waals surface area contributed by atoms with Crippen molar-refractivity contribution in [3.05, 3.63) is 157 Å². The Morgan fingerprint density at radius 3 is 1.31 bits per heavy atom. The summed E-state index contributed by atoms with van der Waals surface area (Å²) in [4.78, 5) is 0. The van der Waals surface area contributed by atoms with E-state index in [-0.39, 0.29) is 0 Å². The third-order valence-electron chi connectivity index (χ3n) is 5.02. The molecule has 0 saturated heterocycles. The normalized spacial score (nSPS) is 9.56. The molecule has 0 heteroatoms. The van der Waals surface area contributed by atoms with Crippen molar-refractivity contribution in [3.63, 3.8) is 0 Å². The second-order valence-electron chi connectivity index (χ2n) is 7.57. The first-order chi connectivity index (χ1) is 15.7. The molecular formula is C32H30. The minimum atomic E-state index is 1.28. The molecule has 158 valence electrons. The quantitative estimate of drug-likeness (QED) is 0.270. The minimum Gasteiger partial charge on any atom is -0.0623 e. The van der Waals surface area contributed by atoms with Crippen molar-refractivity contribution in [2.45, 2.75) is 13.8 Å². The van der Waals surface area contributed by atoms with Crippen molar-refractivity contribution >= 4 is 0 Å². The Bertz CT molecular complexity index is 1130. The van der Waals surface area contributed by atoms with Crippen LogP contribution in [0.4, 0.5) is 0 Å². The molecule has 5 aromatic carbocycles. The maximum atomic E-state index is 2.20. The second kappa shape index (κ2) is 12.7. The van der Waals surface area contributed by atoms with Crippen LogP contribution < -0.4 is 0 Å². The number of hydrogen-bond donors (Lipinski definition) is 0. The smallest absolute Gasteiger partial charge is 0.0155 e. The van der Waals surface area contributed by atoms with E-state index in [9.17, 15) is 0 Å². The van der Waals surface area contributed by atoms with Crippen LogP contribution >= 0.6 is 0 Å². The molecule has 0 saturated carbocycles. The summed E-state index contributed by atoms with van der Waals surface area (Å²) in [6.07, 6.45) is 0. The second-order valence-corrected chi connectivity index (χ2v) is 7.57. The lowest BCUT2D eigenvalue weighted by atomic mass is 10.0. The Labute approximate surface area is 192 Å². The van der Waals surface area contributed by atoms with Crippen LogP contribution in [0, 0.1) is 13.8 Å². The summed E-state index contributed by atoms with van der Waals surface area (Å²) in [5.74, 6) is 0. The predicted octanol–water partition coefficient (Wildman–Crippen LogP) is 9.01. The zero-order valence-corrected chi connectivity index (χ0v) is 18.9. The molecule has 0 radical (unpaired) electrons. The van der Waals surface area contributed by atoms with Crippen LogP contribution in [0.1, 0.15) is 11.1 Å². The number of hydrogen-bond acceptors (Lipinski definition) is 0. The summed E-state index contributed by atoms with van der Waals surface area (Å²) in [7, 11) is 0. The number of rotatable bonds is 2. The highest BCUT2D eigenvalue weighted by Gasteiger charge is 1.98. The summed E-state index contributed by atoms with van der Waals surface area (Å²) >= 11 is 0. The van der Waals surface area contributed by atoms with Crippen molar-refractivity contribution in [3.8, 4) is 22.3 Å². The molecule has 0 N–H and O–H groups in total. The predicted molar refractivity (Wildman–Crippen MR) is 140 cm³/mol. The Morgan fingerprint density at radius 2 is 0.781 bits per heavy atom. The third kappa shape index (κ3) is 7.41. The third-order valence-corrected chi connectivity index (χ3v) is 5.02. The molecular weight excluding hydrogens is 384 g/mol. The summed E-state index contributed by atoms with van der Waals surface area (Å²) < 4.78 is 0. The molecule has 5 aromatic rings. The van der Waals surface area contributed by atoms with Crippen LogP contribution in [-0.4, -0.2) is 0 Å². The van der Waals surface area contributed by atoms with Gasteiger partial charge < -0.3 is 0 Å². The van der Waals surface area contributed by atoms with Gasteiger partial charge in [0.15, 0.2) is 0 Å². The fourth-order valence-electron chi connectivity index (χ4n) is 3.35. The monoisotopic (exact) mass is 414 g/mol. The average Bonchev–Trinajstić information content (AvgIpc) is 2.87. The van der Waals surface area contributed by atoms with Gasteiger partial charge in [0.2, 0.25) is 0 Å². The Hall–Kier alpha value is -3.90. The lowest BCUT2D eigenvalue weighted by Crippen LogP contribution is -1.80. The first-order valence-corrected chi connectivity index (χ1v) is 11.0. The van der Waals surface area contributed by atoms with Gasteiger partial charge in [-0.05, 0) is 41.7 Å². The molecule has 0 bridgehead atoms. The molecule has 5 rings (SSSR count). The van der Waals surface area contributed by atoms with Crippen LogP contribution in [0.3, 0.4) is 0 Å². The van der Waals surface area contributed by atoms with Crippen LogP contribution in [0.2, 0.25) is 0 Å². The van der Waals surface area contributed by atoms with E-state index in [0.29, 0.717) is 0 Å². The molecule has 0 amide bonds. The molecule has 32 heavy (non-hydrogen) atoms. The Balaban J connectivity index is 0.000000145. The molecule has 0 heterocycles. The van der Waals surface area contributed by atoms with E-state index >= 15 is 0 Å². The minimum absolute atomic E-state index is 1.28. The van der Waals surface area contributed by atoms with E-state index in [1.165, 1.54) is 33.4 Å². The van der Waals surface area contributed by atoms with Crippen LogP contribution in [0.25, 0.3) is 22.3 Å². The highest BCUT2D eigenvalue weighted by molar-refractivity contribution is 5.66. The lowest BCUT2D eigenvalue weighted by Gasteiger charge is -2.04. The molecule has 0 aliphatic rings. The van der Waals surface area contributed by atoms with Gasteiger partial charge in [-0.15, -0.1) is 0 Å². The fourth-order valence-corrected chi connectivity index (χ4v) is 3.35. The van der Waals surface area contributed by atoms with E-state index in [2.05, 4.69) is 111 Å². The van der Waals surface area contributed by atoms with E-state index in [1.54, 1.807) is 0 Å². The fraction of sp³-hybridized carbons (Fsp3) is 0.0625. The molecule has 0 fully saturated rings. The molecule has 0 atom stereocenters. The molecule has 0 aliphatic carbocycles. The van der Waals surface area contributed by atoms with Gasteiger partial charge >= 0.3 is 0 Å². The first kappa shape index (κ1) is 22.8. The van der Waals surface area contributed by atoms with Crippen molar-refractivity contribution in [1.82, 2.24) is 0 Å². The van der Waals surface area contributed by atoms with Gasteiger partial charge in [0, 0.05) is 0 Å². The van der Waals surface area contributed by atoms with E-state index in [4.69, 9.17) is 0 Å². The first-order valence-electron chi connectivity index (χ1n) is 11.0. The van der Waals surface area contributed by atoms with Crippen molar-refractivity contribution < 1.29 is 0 Å². The Kier molecular flexibility index (Phi) is 9.05. The maximum absolute atomic E-state index is 2.20. The highest BCUT2D eigenvalue weighted by atomic mass is 14.0. The van der Waals surface area contributed by atoms with E-state index in [1.807, 2.05) is 48.5 Å². The summed E-state index contributed by atoms with van der Waals surface area (Å²) in [6, 6.07) is 49.9. The van der Waals surface area contributed by atoms with E-state index < -0.39 is 0 Å². The van der Waals surface area contributed by atoms with Gasteiger partial charge in [-0.1, -0.05) is 151 Å². The number of benzene rings is 5. The summed E-state index contributed by atoms with van der Waals surface area (Å²) in [5.41, 5.74) is 7.82. The van der Waals surface area contributed by atoms with E-state index in [0.717, 1.165) is 0 Å². The van der Waals surface area contributed by atoms with Crippen molar-refractivity contribution in [2.75, 3.05) is 0 Å². The molecule has 0 spiro atoms. The Morgan fingerprint density at radius 1 is 0.344 bits per heavy atom. The zero-order valence-electron chi connectivity index (χ0n) is 18.9. The summed E-state index contributed by atoms with van der Waals surface area (Å²) in [6.45, 7) is 4.26. The standard InChI is InChI=1S/2C13H12.C6H6/c1-11-7-5-6-10-13(11)12-8-3-2-4-9-12;1-11-6-5-9-13(10-11)12-7-3-2-4-8-12;1-2-4-6-5-3-1/h2*2-10H,1H3;1-6H. The zero-order chi connectivity index (χ0) is 22.4. The lowest BCUT2D eigenvalue weighted by molar-refractivity contribution is 1.46. The van der Waals surface area contributed by atoms with Crippen molar-refractivity contribution in [1.29, 1.82) is 0 Å². The largest absolute Gasteiger partial charge is 0.0623 e. The summed E-state index contributed by atoms with van der Waals surface area (Å²) in [5, 5.41) is 0. The van der Waals surface area contributed by atoms with Gasteiger partial charge in [0.1, 0.15) is 0 Å². The van der Waals surface area contributed by atoms with Gasteiger partial charge in [-0.3, -0.25) is 0 Å². The molecule has 0 unspecified atom stereocenters.